The van der Waals surface area contributed by atoms with Crippen LogP contribution >= 0.6 is 11.3 Å². The van der Waals surface area contributed by atoms with Gasteiger partial charge in [0.15, 0.2) is 0 Å². The van der Waals surface area contributed by atoms with E-state index in [1.165, 1.54) is 16.4 Å². The molecule has 3 rings (SSSR count). The van der Waals surface area contributed by atoms with Gasteiger partial charge in [0.05, 0.1) is 12.0 Å². The van der Waals surface area contributed by atoms with E-state index in [4.69, 9.17) is 4.74 Å². The van der Waals surface area contributed by atoms with Crippen LogP contribution in [0.5, 0.6) is 0 Å². The zero-order chi connectivity index (χ0) is 16.6. The average Bonchev–Trinajstić information content (AvgIpc) is 2.90. The second kappa shape index (κ2) is 6.41. The lowest BCUT2D eigenvalue weighted by atomic mass is 9.97. The van der Waals surface area contributed by atoms with Crippen LogP contribution in [0.1, 0.15) is 42.1 Å². The Labute approximate surface area is 137 Å². The van der Waals surface area contributed by atoms with Crippen LogP contribution in [0.25, 0.3) is 10.2 Å². The molecule has 0 radical (unpaired) electrons. The molecule has 2 aromatic rings. The predicted octanol–water partition coefficient (Wildman–Crippen LogP) is 2.17. The van der Waals surface area contributed by atoms with Gasteiger partial charge in [0.1, 0.15) is 16.7 Å². The molecule has 0 saturated heterocycles. The van der Waals surface area contributed by atoms with Crippen molar-refractivity contribution in [2.75, 3.05) is 13.7 Å². The molecule has 2 aromatic heterocycles. The van der Waals surface area contributed by atoms with E-state index >= 15 is 0 Å². The fourth-order valence-corrected chi connectivity index (χ4v) is 4.41. The molecule has 6 nitrogen and oxygen atoms in total. The largest absolute Gasteiger partial charge is 0.480 e. The molecule has 0 aliphatic heterocycles. The fourth-order valence-electron chi connectivity index (χ4n) is 3.14. The van der Waals surface area contributed by atoms with Gasteiger partial charge in [0.25, 0.3) is 5.56 Å². The lowest BCUT2D eigenvalue weighted by Crippen LogP contribution is -2.32. The van der Waals surface area contributed by atoms with Crippen molar-refractivity contribution in [3.63, 3.8) is 0 Å². The van der Waals surface area contributed by atoms with Gasteiger partial charge >= 0.3 is 5.97 Å². The molecule has 7 heteroatoms. The maximum atomic E-state index is 13.0. The number of carboxylic acids is 1. The molecule has 124 valence electrons. The molecule has 0 saturated carbocycles. The van der Waals surface area contributed by atoms with Crippen LogP contribution in [0.4, 0.5) is 0 Å². The Kier molecular flexibility index (Phi) is 4.50. The second-order valence-corrected chi connectivity index (χ2v) is 6.93. The number of methoxy groups -OCH3 is 1. The third-order valence-corrected chi connectivity index (χ3v) is 5.55. The second-order valence-electron chi connectivity index (χ2n) is 5.85. The molecule has 1 unspecified atom stereocenters. The van der Waals surface area contributed by atoms with E-state index < -0.39 is 12.0 Å². The van der Waals surface area contributed by atoms with Crippen LogP contribution in [0.3, 0.4) is 0 Å². The van der Waals surface area contributed by atoms with Crippen molar-refractivity contribution in [3.8, 4) is 0 Å². The lowest BCUT2D eigenvalue weighted by molar-refractivity contribution is -0.140. The van der Waals surface area contributed by atoms with E-state index in [0.717, 1.165) is 36.1 Å². The Morgan fingerprint density at radius 2 is 2.17 bits per heavy atom. The fraction of sp³-hybridized carbons (Fsp3) is 0.562. The van der Waals surface area contributed by atoms with Crippen LogP contribution in [-0.2, 0) is 28.8 Å². The van der Waals surface area contributed by atoms with Crippen molar-refractivity contribution in [1.29, 1.82) is 0 Å². The number of thiophene rings is 1. The van der Waals surface area contributed by atoms with Crippen molar-refractivity contribution in [2.45, 2.75) is 45.1 Å². The number of aliphatic carboxylic acids is 1. The van der Waals surface area contributed by atoms with Gasteiger partial charge < -0.3 is 9.84 Å². The molecule has 1 N–H and O–H groups in total. The molecule has 23 heavy (non-hydrogen) atoms. The Morgan fingerprint density at radius 1 is 1.43 bits per heavy atom. The summed E-state index contributed by atoms with van der Waals surface area (Å²) >= 11 is 1.58. The normalized spacial score (nSPS) is 15.6. The van der Waals surface area contributed by atoms with E-state index in [-0.39, 0.29) is 5.56 Å². The van der Waals surface area contributed by atoms with E-state index in [2.05, 4.69) is 4.98 Å². The minimum Gasteiger partial charge on any atom is -0.480 e. The summed E-state index contributed by atoms with van der Waals surface area (Å²) in [6, 6.07) is -0.939. The number of carbonyl (C=O) groups is 1. The van der Waals surface area contributed by atoms with Crippen molar-refractivity contribution in [2.24, 2.45) is 0 Å². The molecular weight excluding hydrogens is 316 g/mol. The quantitative estimate of drug-likeness (QED) is 0.905. The molecule has 0 spiro atoms. The van der Waals surface area contributed by atoms with Crippen LogP contribution in [0.15, 0.2) is 4.79 Å². The van der Waals surface area contributed by atoms with Crippen LogP contribution in [-0.4, -0.2) is 34.3 Å². The first kappa shape index (κ1) is 16.1. The third kappa shape index (κ3) is 2.79. The number of fused-ring (bicyclic) bond motifs is 3. The van der Waals surface area contributed by atoms with Crippen molar-refractivity contribution in [3.05, 3.63) is 26.6 Å². The van der Waals surface area contributed by atoms with Crippen LogP contribution in [0.2, 0.25) is 0 Å². The summed E-state index contributed by atoms with van der Waals surface area (Å²) < 4.78 is 6.40. The Hall–Kier alpha value is -1.73. The number of hydrogen-bond acceptors (Lipinski definition) is 5. The molecule has 0 fully saturated rings. The minimum atomic E-state index is -1.03. The first-order valence-corrected chi connectivity index (χ1v) is 8.63. The number of hydrogen-bond donors (Lipinski definition) is 1. The Bertz CT molecular complexity index is 808. The zero-order valence-electron chi connectivity index (χ0n) is 13.3. The van der Waals surface area contributed by atoms with Gasteiger partial charge in [-0.15, -0.1) is 11.3 Å². The van der Waals surface area contributed by atoms with Gasteiger partial charge in [-0.25, -0.2) is 9.78 Å². The van der Waals surface area contributed by atoms with E-state index in [1.807, 2.05) is 0 Å². The standard InChI is InChI=1S/C16H20N2O4S/c1-9(16(20)21)18-12(7-8-22-2)17-14-13(15(18)19)10-5-3-4-6-11(10)23-14/h9H,3-8H2,1-2H3,(H,20,21). The number of rotatable bonds is 5. The highest BCUT2D eigenvalue weighted by Crippen LogP contribution is 2.34. The molecule has 1 aliphatic carbocycles. The third-order valence-electron chi connectivity index (χ3n) is 4.37. The lowest BCUT2D eigenvalue weighted by Gasteiger charge is -2.16. The van der Waals surface area contributed by atoms with Gasteiger partial charge in [0, 0.05) is 18.4 Å². The first-order chi connectivity index (χ1) is 11.0. The van der Waals surface area contributed by atoms with Gasteiger partial charge in [-0.1, -0.05) is 0 Å². The maximum absolute atomic E-state index is 13.0. The molecule has 1 aliphatic rings. The van der Waals surface area contributed by atoms with Gasteiger partial charge in [0.2, 0.25) is 0 Å². The van der Waals surface area contributed by atoms with Gasteiger partial charge in [-0.2, -0.15) is 0 Å². The number of aryl methyl sites for hydroxylation is 2. The maximum Gasteiger partial charge on any atom is 0.326 e. The van der Waals surface area contributed by atoms with Gasteiger partial charge in [-0.3, -0.25) is 9.36 Å². The smallest absolute Gasteiger partial charge is 0.326 e. The molecule has 0 amide bonds. The van der Waals surface area contributed by atoms with Crippen LogP contribution < -0.4 is 5.56 Å². The van der Waals surface area contributed by atoms with Crippen molar-refractivity contribution in [1.82, 2.24) is 9.55 Å². The molecular formula is C16H20N2O4S. The van der Waals surface area contributed by atoms with Crippen LogP contribution in [0, 0.1) is 0 Å². The summed E-state index contributed by atoms with van der Waals surface area (Å²) in [5.74, 6) is -0.547. The molecule has 1 atom stereocenters. The number of aromatic nitrogens is 2. The topological polar surface area (TPSA) is 81.4 Å². The van der Waals surface area contributed by atoms with E-state index in [1.54, 1.807) is 18.4 Å². The summed E-state index contributed by atoms with van der Waals surface area (Å²) in [7, 11) is 1.57. The first-order valence-electron chi connectivity index (χ1n) is 7.82. The van der Waals surface area contributed by atoms with Crippen molar-refractivity contribution < 1.29 is 14.6 Å². The average molecular weight is 336 g/mol. The number of carboxylic acid groups (broad SMARTS) is 1. The SMILES string of the molecule is COCCc1nc2sc3c(c2c(=O)n1C(C)C(=O)O)CCCC3. The van der Waals surface area contributed by atoms with Crippen molar-refractivity contribution >= 4 is 27.5 Å². The monoisotopic (exact) mass is 336 g/mol. The molecule has 2 heterocycles. The molecule has 0 bridgehead atoms. The Balaban J connectivity index is 2.26. The highest BCUT2D eigenvalue weighted by atomic mass is 32.1. The Morgan fingerprint density at radius 3 is 2.87 bits per heavy atom. The minimum absolute atomic E-state index is 0.226. The van der Waals surface area contributed by atoms with Gasteiger partial charge in [-0.05, 0) is 38.2 Å². The zero-order valence-corrected chi connectivity index (χ0v) is 14.1. The van der Waals surface area contributed by atoms with E-state index in [9.17, 15) is 14.7 Å². The summed E-state index contributed by atoms with van der Waals surface area (Å²) in [6.45, 7) is 1.92. The molecule has 0 aromatic carbocycles. The highest BCUT2D eigenvalue weighted by Gasteiger charge is 2.25. The highest BCUT2D eigenvalue weighted by molar-refractivity contribution is 7.18. The predicted molar refractivity (Wildman–Crippen MR) is 88.4 cm³/mol. The summed E-state index contributed by atoms with van der Waals surface area (Å²) in [4.78, 5) is 31.0. The summed E-state index contributed by atoms with van der Waals surface area (Å²) in [6.07, 6.45) is 4.49. The number of ether oxygens (including phenoxy) is 1. The summed E-state index contributed by atoms with van der Waals surface area (Å²) in [5, 5.41) is 9.98. The summed E-state index contributed by atoms with van der Waals surface area (Å²) in [5.41, 5.74) is 0.855. The number of nitrogens with zero attached hydrogens (tertiary/aromatic N) is 2. The van der Waals surface area contributed by atoms with E-state index in [0.29, 0.717) is 24.2 Å².